The van der Waals surface area contributed by atoms with Gasteiger partial charge in [-0.25, -0.2) is 0 Å². The zero-order valence-electron chi connectivity index (χ0n) is 13.4. The number of para-hydroxylation sites is 2. The van der Waals surface area contributed by atoms with E-state index in [0.717, 1.165) is 49.4 Å². The molecular formula is C18H19N5O. The molecule has 1 saturated heterocycles. The van der Waals surface area contributed by atoms with Crippen LogP contribution >= 0.6 is 0 Å². The normalized spacial score (nSPS) is 17.1. The number of hydrogen-bond donors (Lipinski definition) is 1. The number of rotatable bonds is 4. The van der Waals surface area contributed by atoms with Crippen molar-refractivity contribution in [2.75, 3.05) is 29.9 Å². The Morgan fingerprint density at radius 2 is 2.08 bits per heavy atom. The van der Waals surface area contributed by atoms with Crippen LogP contribution in [0.4, 0.5) is 11.8 Å². The van der Waals surface area contributed by atoms with E-state index < -0.39 is 0 Å². The molecule has 6 nitrogen and oxygen atoms in total. The fourth-order valence-electron chi connectivity index (χ4n) is 3.54. The third kappa shape index (κ3) is 2.38. The van der Waals surface area contributed by atoms with Gasteiger partial charge in [-0.2, -0.15) is 10.1 Å². The van der Waals surface area contributed by atoms with E-state index in [2.05, 4.69) is 31.5 Å². The molecule has 1 aromatic carbocycles. The van der Waals surface area contributed by atoms with E-state index >= 15 is 0 Å². The molecule has 0 atom stereocenters. The smallest absolute Gasteiger partial charge is 0.295 e. The van der Waals surface area contributed by atoms with Crippen LogP contribution in [-0.4, -0.2) is 34.8 Å². The Morgan fingerprint density at radius 3 is 3.00 bits per heavy atom. The number of aromatic nitrogens is 3. The summed E-state index contributed by atoms with van der Waals surface area (Å²) in [7, 11) is 0. The molecule has 3 heterocycles. The third-order valence-electron chi connectivity index (χ3n) is 4.92. The summed E-state index contributed by atoms with van der Waals surface area (Å²) in [4.78, 5) is 6.74. The molecule has 0 unspecified atom stereocenters. The first-order valence-electron chi connectivity index (χ1n) is 8.55. The highest BCUT2D eigenvalue weighted by Gasteiger charge is 2.29. The number of benzene rings is 1. The summed E-state index contributed by atoms with van der Waals surface area (Å²) in [6.07, 6.45) is 3.44. The molecular weight excluding hydrogens is 302 g/mol. The summed E-state index contributed by atoms with van der Waals surface area (Å²) >= 11 is 0. The van der Waals surface area contributed by atoms with Crippen LogP contribution < -0.4 is 10.2 Å². The Balaban J connectivity index is 1.18. The number of nitrogens with zero attached hydrogens (tertiary/aromatic N) is 4. The summed E-state index contributed by atoms with van der Waals surface area (Å²) < 4.78 is 5.69. The first-order valence-corrected chi connectivity index (χ1v) is 8.55. The van der Waals surface area contributed by atoms with Crippen molar-refractivity contribution in [3.63, 3.8) is 0 Å². The summed E-state index contributed by atoms with van der Waals surface area (Å²) in [6, 6.07) is 10.6. The van der Waals surface area contributed by atoms with E-state index in [0.29, 0.717) is 11.9 Å². The van der Waals surface area contributed by atoms with E-state index in [1.54, 1.807) is 0 Å². The zero-order chi connectivity index (χ0) is 15.9. The highest BCUT2D eigenvalue weighted by molar-refractivity contribution is 5.74. The van der Waals surface area contributed by atoms with Gasteiger partial charge in [0.2, 0.25) is 0 Å². The molecule has 0 radical (unpaired) electrons. The van der Waals surface area contributed by atoms with Crippen molar-refractivity contribution in [1.82, 2.24) is 15.2 Å². The molecule has 0 bridgehead atoms. The van der Waals surface area contributed by atoms with Crippen molar-refractivity contribution in [2.45, 2.75) is 19.3 Å². The standard InChI is InChI=1S/C18H19N5O/c1-2-7-16-15(5-1)20-18(24-16)19-9-12-10-23(11-12)17-8-13-4-3-6-14(13)21-22-17/h1-2,5,7-8,12H,3-4,6,9-11H2,(H,19,20). The van der Waals surface area contributed by atoms with Crippen LogP contribution in [0.2, 0.25) is 0 Å². The number of aryl methyl sites for hydroxylation is 2. The largest absolute Gasteiger partial charge is 0.424 e. The number of anilines is 2. The molecule has 0 amide bonds. The number of oxazole rings is 1. The van der Waals surface area contributed by atoms with Gasteiger partial charge in [0, 0.05) is 25.6 Å². The SMILES string of the molecule is c1ccc2oc(NCC3CN(c4cc5c(nn4)CCC5)C3)nc2c1. The van der Waals surface area contributed by atoms with Crippen LogP contribution in [0.3, 0.4) is 0 Å². The first kappa shape index (κ1) is 13.8. The van der Waals surface area contributed by atoms with Crippen molar-refractivity contribution in [3.05, 3.63) is 41.6 Å². The first-order chi connectivity index (χ1) is 11.8. The fourth-order valence-corrected chi connectivity index (χ4v) is 3.54. The molecule has 1 N–H and O–H groups in total. The summed E-state index contributed by atoms with van der Waals surface area (Å²) in [5, 5.41) is 12.1. The van der Waals surface area contributed by atoms with E-state index in [1.807, 2.05) is 24.3 Å². The lowest BCUT2D eigenvalue weighted by Crippen LogP contribution is -2.50. The lowest BCUT2D eigenvalue weighted by molar-refractivity contribution is 0.421. The van der Waals surface area contributed by atoms with Gasteiger partial charge in [-0.1, -0.05) is 12.1 Å². The fraction of sp³-hybridized carbons (Fsp3) is 0.389. The van der Waals surface area contributed by atoms with Gasteiger partial charge < -0.3 is 14.6 Å². The van der Waals surface area contributed by atoms with Gasteiger partial charge in [0.15, 0.2) is 11.4 Å². The monoisotopic (exact) mass is 321 g/mol. The molecule has 1 aliphatic carbocycles. The van der Waals surface area contributed by atoms with E-state index in [1.165, 1.54) is 17.7 Å². The van der Waals surface area contributed by atoms with Crippen LogP contribution in [0.15, 0.2) is 34.7 Å². The minimum absolute atomic E-state index is 0.579. The Hall–Kier alpha value is -2.63. The number of hydrogen-bond acceptors (Lipinski definition) is 6. The van der Waals surface area contributed by atoms with Crippen LogP contribution in [0.1, 0.15) is 17.7 Å². The minimum Gasteiger partial charge on any atom is -0.424 e. The van der Waals surface area contributed by atoms with Gasteiger partial charge in [-0.15, -0.1) is 5.10 Å². The van der Waals surface area contributed by atoms with E-state index in [9.17, 15) is 0 Å². The van der Waals surface area contributed by atoms with Crippen LogP contribution in [-0.2, 0) is 12.8 Å². The van der Waals surface area contributed by atoms with E-state index in [-0.39, 0.29) is 0 Å². The van der Waals surface area contributed by atoms with Gasteiger partial charge in [0.05, 0.1) is 5.69 Å². The Kier molecular flexibility index (Phi) is 3.14. The van der Waals surface area contributed by atoms with Crippen molar-refractivity contribution in [3.8, 4) is 0 Å². The van der Waals surface area contributed by atoms with Crippen molar-refractivity contribution in [2.24, 2.45) is 5.92 Å². The molecule has 5 rings (SSSR count). The molecule has 1 fully saturated rings. The molecule has 3 aromatic rings. The molecule has 2 aliphatic rings. The maximum absolute atomic E-state index is 5.69. The minimum atomic E-state index is 0.579. The maximum atomic E-state index is 5.69. The summed E-state index contributed by atoms with van der Waals surface area (Å²) in [6.45, 7) is 2.86. The maximum Gasteiger partial charge on any atom is 0.295 e. The molecule has 1 aliphatic heterocycles. The lowest BCUT2D eigenvalue weighted by atomic mass is 10.00. The third-order valence-corrected chi connectivity index (χ3v) is 4.92. The number of nitrogens with one attached hydrogen (secondary N) is 1. The van der Waals surface area contributed by atoms with Crippen molar-refractivity contribution >= 4 is 22.9 Å². The van der Waals surface area contributed by atoms with Crippen LogP contribution in [0.25, 0.3) is 11.1 Å². The van der Waals surface area contributed by atoms with Crippen LogP contribution in [0.5, 0.6) is 0 Å². The molecule has 24 heavy (non-hydrogen) atoms. The van der Waals surface area contributed by atoms with Gasteiger partial charge in [-0.05, 0) is 43.0 Å². The van der Waals surface area contributed by atoms with Gasteiger partial charge in [0.1, 0.15) is 5.52 Å². The molecule has 0 spiro atoms. The predicted octanol–water partition coefficient (Wildman–Crippen LogP) is 2.65. The summed E-state index contributed by atoms with van der Waals surface area (Å²) in [5.41, 5.74) is 4.29. The Morgan fingerprint density at radius 1 is 1.17 bits per heavy atom. The molecule has 2 aromatic heterocycles. The van der Waals surface area contributed by atoms with Gasteiger partial charge in [-0.3, -0.25) is 0 Å². The highest BCUT2D eigenvalue weighted by atomic mass is 16.4. The number of fused-ring (bicyclic) bond motifs is 2. The molecule has 122 valence electrons. The quantitative estimate of drug-likeness (QED) is 0.797. The lowest BCUT2D eigenvalue weighted by Gasteiger charge is -2.39. The molecule has 6 heteroatoms. The van der Waals surface area contributed by atoms with Gasteiger partial charge >= 0.3 is 0 Å². The topological polar surface area (TPSA) is 67.1 Å². The Labute approximate surface area is 139 Å². The Bertz CT molecular complexity index is 851. The second-order valence-electron chi connectivity index (χ2n) is 6.67. The average molecular weight is 321 g/mol. The van der Waals surface area contributed by atoms with E-state index in [4.69, 9.17) is 4.42 Å². The van der Waals surface area contributed by atoms with Gasteiger partial charge in [0.25, 0.3) is 6.01 Å². The van der Waals surface area contributed by atoms with Crippen LogP contribution in [0, 0.1) is 5.92 Å². The average Bonchev–Trinajstić information content (AvgIpc) is 3.18. The highest BCUT2D eigenvalue weighted by Crippen LogP contribution is 2.27. The predicted molar refractivity (Wildman–Crippen MR) is 92.3 cm³/mol. The second kappa shape index (κ2) is 5.47. The van der Waals surface area contributed by atoms with Crippen molar-refractivity contribution in [1.29, 1.82) is 0 Å². The molecule has 0 saturated carbocycles. The summed E-state index contributed by atoms with van der Waals surface area (Å²) in [5.74, 6) is 1.60. The van der Waals surface area contributed by atoms with Crippen molar-refractivity contribution < 1.29 is 4.42 Å². The zero-order valence-corrected chi connectivity index (χ0v) is 13.4. The second-order valence-corrected chi connectivity index (χ2v) is 6.67.